The number of amides is 1. The van der Waals surface area contributed by atoms with Crippen LogP contribution in [0.1, 0.15) is 64.7 Å². The minimum atomic E-state index is 0.313. The lowest BCUT2D eigenvalue weighted by atomic mass is 9.79. The first-order valence-corrected chi connectivity index (χ1v) is 9.07. The molecule has 0 N–H and O–H groups in total. The van der Waals surface area contributed by atoms with Gasteiger partial charge in [-0.05, 0) is 64.6 Å². The van der Waals surface area contributed by atoms with Gasteiger partial charge in [0.1, 0.15) is 0 Å². The summed E-state index contributed by atoms with van der Waals surface area (Å²) in [5.41, 5.74) is 0. The molecule has 122 valence electrons. The summed E-state index contributed by atoms with van der Waals surface area (Å²) in [4.78, 5) is 17.2. The molecule has 0 aromatic carbocycles. The molecule has 1 saturated carbocycles. The van der Waals surface area contributed by atoms with Gasteiger partial charge in [0, 0.05) is 19.0 Å². The van der Waals surface area contributed by atoms with Gasteiger partial charge in [0.05, 0.1) is 0 Å². The van der Waals surface area contributed by atoms with Crippen molar-refractivity contribution in [3.63, 3.8) is 0 Å². The molecule has 0 bridgehead atoms. The molecule has 1 heterocycles. The van der Waals surface area contributed by atoms with E-state index in [0.29, 0.717) is 17.9 Å². The van der Waals surface area contributed by atoms with Crippen molar-refractivity contribution in [3.05, 3.63) is 0 Å². The van der Waals surface area contributed by atoms with E-state index < -0.39 is 0 Å². The van der Waals surface area contributed by atoms with Crippen LogP contribution in [0.15, 0.2) is 0 Å². The summed E-state index contributed by atoms with van der Waals surface area (Å²) >= 11 is 0. The van der Waals surface area contributed by atoms with E-state index in [4.69, 9.17) is 0 Å². The topological polar surface area (TPSA) is 23.6 Å². The number of carbonyl (C=O) groups is 1. The molecule has 1 amide bonds. The molecule has 1 aliphatic heterocycles. The van der Waals surface area contributed by atoms with Crippen LogP contribution in [0.2, 0.25) is 0 Å². The number of rotatable bonds is 5. The van der Waals surface area contributed by atoms with Gasteiger partial charge in [0.25, 0.3) is 0 Å². The third-order valence-electron chi connectivity index (χ3n) is 5.75. The van der Waals surface area contributed by atoms with Gasteiger partial charge in [-0.25, -0.2) is 0 Å². The number of piperidine rings is 1. The summed E-state index contributed by atoms with van der Waals surface area (Å²) in [6.45, 7) is 4.53. The molecule has 0 aromatic heterocycles. The molecule has 2 rings (SSSR count). The molecule has 0 radical (unpaired) electrons. The number of likely N-dealkylation sites (tertiary alicyclic amines) is 1. The number of hydrogen-bond donors (Lipinski definition) is 0. The normalized spacial score (nSPS) is 28.5. The summed E-state index contributed by atoms with van der Waals surface area (Å²) in [6, 6.07) is 0.478. The third-order valence-corrected chi connectivity index (χ3v) is 5.75. The van der Waals surface area contributed by atoms with Crippen molar-refractivity contribution >= 4 is 5.91 Å². The second kappa shape index (κ2) is 8.17. The number of hydrogen-bond acceptors (Lipinski definition) is 2. The summed E-state index contributed by atoms with van der Waals surface area (Å²) in [7, 11) is 4.22. The summed E-state index contributed by atoms with van der Waals surface area (Å²) < 4.78 is 0. The summed E-state index contributed by atoms with van der Waals surface area (Å²) in [5, 5.41) is 0. The van der Waals surface area contributed by atoms with Crippen LogP contribution in [0.3, 0.4) is 0 Å². The maximum absolute atomic E-state index is 12.7. The van der Waals surface area contributed by atoms with Crippen LogP contribution in [0.5, 0.6) is 0 Å². The maximum atomic E-state index is 12.7. The molecule has 1 saturated heterocycles. The molecule has 0 spiro atoms. The summed E-state index contributed by atoms with van der Waals surface area (Å²) in [6.07, 6.45) is 11.1. The number of unbranched alkanes of at least 4 members (excludes halogenated alkanes) is 1. The van der Waals surface area contributed by atoms with E-state index in [2.05, 4.69) is 23.8 Å². The van der Waals surface area contributed by atoms with Crippen molar-refractivity contribution in [1.29, 1.82) is 0 Å². The zero-order valence-corrected chi connectivity index (χ0v) is 14.3. The third kappa shape index (κ3) is 4.70. The van der Waals surface area contributed by atoms with Gasteiger partial charge in [0.2, 0.25) is 5.91 Å². The predicted molar refractivity (Wildman–Crippen MR) is 88.3 cm³/mol. The Balaban J connectivity index is 1.76. The molecule has 21 heavy (non-hydrogen) atoms. The number of carbonyl (C=O) groups excluding carboxylic acids is 1. The first-order chi connectivity index (χ1) is 10.1. The van der Waals surface area contributed by atoms with Crippen molar-refractivity contribution in [2.75, 3.05) is 27.2 Å². The Kier molecular flexibility index (Phi) is 6.53. The zero-order chi connectivity index (χ0) is 15.2. The Labute approximate surface area is 131 Å². The highest BCUT2D eigenvalue weighted by molar-refractivity contribution is 5.79. The van der Waals surface area contributed by atoms with Gasteiger partial charge < -0.3 is 9.80 Å². The largest absolute Gasteiger partial charge is 0.342 e. The van der Waals surface area contributed by atoms with Crippen LogP contribution in [0.25, 0.3) is 0 Å². The second-order valence-corrected chi connectivity index (χ2v) is 7.34. The highest BCUT2D eigenvalue weighted by Crippen LogP contribution is 2.33. The molecule has 0 unspecified atom stereocenters. The van der Waals surface area contributed by atoms with Crippen molar-refractivity contribution in [2.45, 2.75) is 70.8 Å². The van der Waals surface area contributed by atoms with Crippen molar-refractivity contribution < 1.29 is 4.79 Å². The minimum absolute atomic E-state index is 0.313. The van der Waals surface area contributed by atoms with Crippen LogP contribution in [-0.4, -0.2) is 48.9 Å². The Hall–Kier alpha value is -0.570. The van der Waals surface area contributed by atoms with E-state index in [1.165, 1.54) is 32.1 Å². The van der Waals surface area contributed by atoms with Crippen LogP contribution in [-0.2, 0) is 4.79 Å². The summed E-state index contributed by atoms with van der Waals surface area (Å²) in [5.74, 6) is 1.63. The molecular formula is C18H34N2O. The van der Waals surface area contributed by atoms with E-state index in [0.717, 1.165) is 44.7 Å². The van der Waals surface area contributed by atoms with E-state index in [9.17, 15) is 4.79 Å². The molecule has 0 atom stereocenters. The van der Waals surface area contributed by atoms with Crippen molar-refractivity contribution in [3.8, 4) is 0 Å². The standard InChI is InChI=1S/C18H34N2O/c1-4-5-6-15-7-9-16(10-8-15)18(21)20(3)17-11-13-19(2)14-12-17/h15-17H,4-14H2,1-3H3. The van der Waals surface area contributed by atoms with E-state index in [1.54, 1.807) is 0 Å². The Bertz CT molecular complexity index is 315. The van der Waals surface area contributed by atoms with Crippen LogP contribution in [0.4, 0.5) is 0 Å². The molecule has 2 fully saturated rings. The second-order valence-electron chi connectivity index (χ2n) is 7.34. The molecule has 3 nitrogen and oxygen atoms in total. The highest BCUT2D eigenvalue weighted by atomic mass is 16.2. The SMILES string of the molecule is CCCCC1CCC(C(=O)N(C)C2CCN(C)CC2)CC1. The van der Waals surface area contributed by atoms with Gasteiger partial charge >= 0.3 is 0 Å². The van der Waals surface area contributed by atoms with Crippen LogP contribution < -0.4 is 0 Å². The molecule has 2 aliphatic rings. The fraction of sp³-hybridized carbons (Fsp3) is 0.944. The lowest BCUT2D eigenvalue weighted by molar-refractivity contribution is -0.138. The van der Waals surface area contributed by atoms with Crippen LogP contribution in [0, 0.1) is 11.8 Å². The monoisotopic (exact) mass is 294 g/mol. The minimum Gasteiger partial charge on any atom is -0.342 e. The molecule has 1 aliphatic carbocycles. The Morgan fingerprint density at radius 2 is 1.71 bits per heavy atom. The van der Waals surface area contributed by atoms with E-state index in [1.807, 2.05) is 7.05 Å². The number of nitrogens with zero attached hydrogens (tertiary/aromatic N) is 2. The maximum Gasteiger partial charge on any atom is 0.225 e. The first-order valence-electron chi connectivity index (χ1n) is 9.07. The highest BCUT2D eigenvalue weighted by Gasteiger charge is 2.31. The lowest BCUT2D eigenvalue weighted by Crippen LogP contribution is -2.46. The van der Waals surface area contributed by atoms with Gasteiger partial charge in [0.15, 0.2) is 0 Å². The van der Waals surface area contributed by atoms with Crippen LogP contribution >= 0.6 is 0 Å². The van der Waals surface area contributed by atoms with E-state index in [-0.39, 0.29) is 0 Å². The molecule has 0 aromatic rings. The fourth-order valence-electron chi connectivity index (χ4n) is 4.04. The average Bonchev–Trinajstić information content (AvgIpc) is 2.53. The lowest BCUT2D eigenvalue weighted by Gasteiger charge is -2.38. The smallest absolute Gasteiger partial charge is 0.225 e. The van der Waals surface area contributed by atoms with Crippen molar-refractivity contribution in [1.82, 2.24) is 9.80 Å². The Morgan fingerprint density at radius 1 is 1.10 bits per heavy atom. The molecular weight excluding hydrogens is 260 g/mol. The molecule has 3 heteroatoms. The van der Waals surface area contributed by atoms with Gasteiger partial charge in [-0.2, -0.15) is 0 Å². The zero-order valence-electron chi connectivity index (χ0n) is 14.3. The Morgan fingerprint density at radius 3 is 2.29 bits per heavy atom. The van der Waals surface area contributed by atoms with Gasteiger partial charge in [-0.3, -0.25) is 4.79 Å². The van der Waals surface area contributed by atoms with Gasteiger partial charge in [-0.1, -0.05) is 26.2 Å². The first kappa shape index (κ1) is 16.8. The average molecular weight is 294 g/mol. The van der Waals surface area contributed by atoms with Crippen molar-refractivity contribution in [2.24, 2.45) is 11.8 Å². The van der Waals surface area contributed by atoms with Gasteiger partial charge in [-0.15, -0.1) is 0 Å². The fourth-order valence-corrected chi connectivity index (χ4v) is 4.04. The van der Waals surface area contributed by atoms with E-state index >= 15 is 0 Å². The quantitative estimate of drug-likeness (QED) is 0.774. The predicted octanol–water partition coefficient (Wildman–Crippen LogP) is 3.54.